The Morgan fingerprint density at radius 3 is 2.73 bits per heavy atom. The molecule has 1 aromatic rings. The molecule has 1 aromatic heterocycles. The van der Waals surface area contributed by atoms with Gasteiger partial charge in [0.05, 0.1) is 4.92 Å². The summed E-state index contributed by atoms with van der Waals surface area (Å²) in [4.78, 5) is 22.3. The lowest BCUT2D eigenvalue weighted by atomic mass is 9.67. The first kappa shape index (κ1) is 15.0. The third kappa shape index (κ3) is 3.11. The quantitative estimate of drug-likeness (QED) is 0.631. The van der Waals surface area contributed by atoms with E-state index in [1.165, 1.54) is 17.3 Å². The van der Waals surface area contributed by atoms with Crippen molar-refractivity contribution in [3.05, 3.63) is 22.5 Å². The smallest absolute Gasteiger partial charge is 0.307 e. The largest absolute Gasteiger partial charge is 0.351 e. The number of amides is 1. The molecule has 2 unspecified atom stereocenters. The average Bonchev–Trinajstić information content (AvgIpc) is 2.88. The minimum absolute atomic E-state index is 0.00976. The van der Waals surface area contributed by atoms with Crippen molar-refractivity contribution in [1.82, 2.24) is 15.1 Å². The van der Waals surface area contributed by atoms with Crippen LogP contribution in [-0.4, -0.2) is 32.7 Å². The second-order valence-corrected chi connectivity index (χ2v) is 6.43. The molecule has 2 aliphatic carbocycles. The molecule has 22 heavy (non-hydrogen) atoms. The Bertz CT molecular complexity index is 559. The van der Waals surface area contributed by atoms with Crippen LogP contribution in [0, 0.1) is 22.0 Å². The number of nitro groups is 1. The van der Waals surface area contributed by atoms with Crippen LogP contribution in [0.1, 0.15) is 32.1 Å². The average molecular weight is 307 g/mol. The fourth-order valence-corrected chi connectivity index (χ4v) is 3.94. The second kappa shape index (κ2) is 6.04. The van der Waals surface area contributed by atoms with Gasteiger partial charge in [0.25, 0.3) is 0 Å². The van der Waals surface area contributed by atoms with Gasteiger partial charge >= 0.3 is 5.69 Å². The van der Waals surface area contributed by atoms with E-state index in [-0.39, 0.29) is 30.2 Å². The Labute approximate surface area is 128 Å². The van der Waals surface area contributed by atoms with Crippen LogP contribution in [0.3, 0.4) is 0 Å². The minimum Gasteiger partial charge on any atom is -0.351 e. The molecule has 0 aromatic carbocycles. The van der Waals surface area contributed by atoms with Gasteiger partial charge in [-0.1, -0.05) is 6.42 Å². The van der Waals surface area contributed by atoms with Crippen LogP contribution in [0.2, 0.25) is 0 Å². The second-order valence-electron chi connectivity index (χ2n) is 6.43. The lowest BCUT2D eigenvalue weighted by Gasteiger charge is -2.45. The van der Waals surface area contributed by atoms with Gasteiger partial charge in [-0.05, 0) is 37.5 Å². The van der Waals surface area contributed by atoms with Crippen molar-refractivity contribution in [3.63, 3.8) is 0 Å². The first-order chi connectivity index (χ1) is 10.5. The van der Waals surface area contributed by atoms with Crippen molar-refractivity contribution >= 4 is 11.6 Å². The minimum atomic E-state index is -0.520. The van der Waals surface area contributed by atoms with Crippen molar-refractivity contribution in [1.29, 1.82) is 0 Å². The van der Waals surface area contributed by atoms with E-state index in [1.807, 2.05) is 0 Å². The highest BCUT2D eigenvalue weighted by Crippen LogP contribution is 2.39. The maximum absolute atomic E-state index is 12.2. The van der Waals surface area contributed by atoms with E-state index in [4.69, 9.17) is 5.73 Å². The van der Waals surface area contributed by atoms with Gasteiger partial charge in [0.1, 0.15) is 18.9 Å². The number of nitrogens with two attached hydrogens (primary N) is 1. The van der Waals surface area contributed by atoms with Crippen molar-refractivity contribution in [2.75, 3.05) is 0 Å². The Hall–Kier alpha value is -1.96. The summed E-state index contributed by atoms with van der Waals surface area (Å²) >= 11 is 0. The fourth-order valence-electron chi connectivity index (χ4n) is 3.94. The van der Waals surface area contributed by atoms with Crippen LogP contribution in [-0.2, 0) is 11.3 Å². The van der Waals surface area contributed by atoms with Gasteiger partial charge in [-0.2, -0.15) is 5.10 Å². The zero-order valence-corrected chi connectivity index (χ0v) is 12.4. The highest BCUT2D eigenvalue weighted by molar-refractivity contribution is 5.76. The molecule has 0 spiro atoms. The van der Waals surface area contributed by atoms with E-state index in [0.717, 1.165) is 31.9 Å². The normalized spacial score (nSPS) is 30.8. The molecule has 2 bridgehead atoms. The molecule has 8 nitrogen and oxygen atoms in total. The Balaban J connectivity index is 1.60. The fraction of sp³-hybridized carbons (Fsp3) is 0.714. The van der Waals surface area contributed by atoms with E-state index < -0.39 is 4.92 Å². The molecule has 1 amide bonds. The number of aromatic nitrogens is 2. The molecule has 8 heteroatoms. The molecule has 0 saturated heterocycles. The van der Waals surface area contributed by atoms with Gasteiger partial charge in [-0.25, -0.2) is 0 Å². The molecule has 2 fully saturated rings. The number of hydrogen-bond donors (Lipinski definition) is 2. The summed E-state index contributed by atoms with van der Waals surface area (Å²) in [6.07, 6.45) is 7.80. The van der Waals surface area contributed by atoms with Gasteiger partial charge in [0.15, 0.2) is 0 Å². The lowest BCUT2D eigenvalue weighted by Crippen LogP contribution is -2.54. The zero-order chi connectivity index (χ0) is 15.7. The molecular formula is C14H21N5O3. The Morgan fingerprint density at radius 1 is 1.45 bits per heavy atom. The summed E-state index contributed by atoms with van der Waals surface area (Å²) in [5.74, 6) is 0.771. The Kier molecular flexibility index (Phi) is 4.10. The Morgan fingerprint density at radius 2 is 2.14 bits per heavy atom. The SMILES string of the molecule is NC1CC2CCCC(C1)C2NC(=O)Cn1cc([N+](=O)[O-])cn1. The molecule has 120 valence electrons. The van der Waals surface area contributed by atoms with Crippen LogP contribution < -0.4 is 11.1 Å². The summed E-state index contributed by atoms with van der Waals surface area (Å²) in [5, 5.41) is 17.6. The maximum Gasteiger partial charge on any atom is 0.307 e. The van der Waals surface area contributed by atoms with Crippen LogP contribution in [0.15, 0.2) is 12.4 Å². The van der Waals surface area contributed by atoms with E-state index in [9.17, 15) is 14.9 Å². The van der Waals surface area contributed by atoms with Crippen LogP contribution >= 0.6 is 0 Å². The van der Waals surface area contributed by atoms with Crippen molar-refractivity contribution in [2.24, 2.45) is 17.6 Å². The molecule has 0 radical (unpaired) electrons. The number of nitrogens with one attached hydrogen (secondary N) is 1. The van der Waals surface area contributed by atoms with Gasteiger partial charge in [0, 0.05) is 12.1 Å². The van der Waals surface area contributed by atoms with Crippen molar-refractivity contribution < 1.29 is 9.72 Å². The molecule has 2 saturated carbocycles. The molecule has 3 rings (SSSR count). The van der Waals surface area contributed by atoms with Crippen molar-refractivity contribution in [2.45, 2.75) is 50.7 Å². The third-order valence-electron chi connectivity index (χ3n) is 4.84. The van der Waals surface area contributed by atoms with E-state index in [0.29, 0.717) is 11.8 Å². The zero-order valence-electron chi connectivity index (χ0n) is 12.4. The summed E-state index contributed by atoms with van der Waals surface area (Å²) in [6, 6.07) is 0.434. The predicted molar refractivity (Wildman–Crippen MR) is 78.9 cm³/mol. The van der Waals surface area contributed by atoms with E-state index >= 15 is 0 Å². The number of fused-ring (bicyclic) bond motifs is 2. The summed E-state index contributed by atoms with van der Waals surface area (Å²) in [7, 11) is 0. The molecule has 1 heterocycles. The molecule has 0 aliphatic heterocycles. The number of rotatable bonds is 4. The van der Waals surface area contributed by atoms with Crippen LogP contribution in [0.4, 0.5) is 5.69 Å². The van der Waals surface area contributed by atoms with Crippen LogP contribution in [0.25, 0.3) is 0 Å². The highest BCUT2D eigenvalue weighted by atomic mass is 16.6. The molecule has 2 atom stereocenters. The summed E-state index contributed by atoms with van der Waals surface area (Å²) < 4.78 is 1.30. The van der Waals surface area contributed by atoms with E-state index in [1.54, 1.807) is 0 Å². The highest BCUT2D eigenvalue weighted by Gasteiger charge is 2.39. The number of carbonyl (C=O) groups is 1. The third-order valence-corrected chi connectivity index (χ3v) is 4.84. The monoisotopic (exact) mass is 307 g/mol. The number of nitrogens with zero attached hydrogens (tertiary/aromatic N) is 3. The lowest BCUT2D eigenvalue weighted by molar-refractivity contribution is -0.385. The number of carbonyl (C=O) groups excluding carboxylic acids is 1. The van der Waals surface area contributed by atoms with Crippen LogP contribution in [0.5, 0.6) is 0 Å². The summed E-state index contributed by atoms with van der Waals surface area (Å²) in [6.45, 7) is 0.00976. The molecular weight excluding hydrogens is 286 g/mol. The first-order valence-corrected chi connectivity index (χ1v) is 7.74. The first-order valence-electron chi connectivity index (χ1n) is 7.74. The van der Waals surface area contributed by atoms with Crippen molar-refractivity contribution in [3.8, 4) is 0 Å². The van der Waals surface area contributed by atoms with E-state index in [2.05, 4.69) is 10.4 Å². The topological polar surface area (TPSA) is 116 Å². The maximum atomic E-state index is 12.2. The predicted octanol–water partition coefficient (Wildman–Crippen LogP) is 0.813. The van der Waals surface area contributed by atoms with Gasteiger partial charge in [-0.3, -0.25) is 19.6 Å². The molecule has 3 N–H and O–H groups in total. The van der Waals surface area contributed by atoms with Gasteiger partial charge < -0.3 is 11.1 Å². The summed E-state index contributed by atoms with van der Waals surface area (Å²) in [5.41, 5.74) is 5.98. The van der Waals surface area contributed by atoms with Gasteiger partial charge in [-0.15, -0.1) is 0 Å². The van der Waals surface area contributed by atoms with Gasteiger partial charge in [0.2, 0.25) is 5.91 Å². The number of hydrogen-bond acceptors (Lipinski definition) is 5. The standard InChI is InChI=1S/C14H21N5O3/c15-11-4-9-2-1-3-10(5-11)14(9)17-13(20)8-18-7-12(6-16-18)19(21)22/h6-7,9-11,14H,1-5,8,15H2,(H,17,20). The molecule has 2 aliphatic rings.